The summed E-state index contributed by atoms with van der Waals surface area (Å²) < 4.78 is 25.8. The Morgan fingerprint density at radius 3 is 1.41 bits per heavy atom. The van der Waals surface area contributed by atoms with Gasteiger partial charge in [-0.05, 0) is 11.1 Å². The molecule has 0 radical (unpaired) electrons. The first-order valence-corrected chi connectivity index (χ1v) is 10.2. The molecule has 4 nitrogen and oxygen atoms in total. The molecule has 6 heteroatoms. The van der Waals surface area contributed by atoms with Gasteiger partial charge < -0.3 is 5.73 Å². The van der Waals surface area contributed by atoms with Crippen LogP contribution in [0.1, 0.15) is 23.2 Å². The van der Waals surface area contributed by atoms with Gasteiger partial charge in [-0.15, -0.1) is 0 Å². The van der Waals surface area contributed by atoms with Crippen molar-refractivity contribution in [2.75, 3.05) is 6.26 Å². The van der Waals surface area contributed by atoms with E-state index in [0.717, 1.165) is 17.4 Å². The van der Waals surface area contributed by atoms with Crippen LogP contribution in [0.5, 0.6) is 0 Å². The van der Waals surface area contributed by atoms with E-state index in [0.29, 0.717) is 0 Å². The molecule has 0 saturated carbocycles. The van der Waals surface area contributed by atoms with Gasteiger partial charge >= 0.3 is 19.5 Å². The Morgan fingerprint density at radius 2 is 1.04 bits per heavy atom. The fourth-order valence-corrected chi connectivity index (χ4v) is 3.24. The van der Waals surface area contributed by atoms with Gasteiger partial charge in [-0.25, -0.2) is 13.1 Å². The Labute approximate surface area is 174 Å². The monoisotopic (exact) mass is 470 g/mol. The third-order valence-corrected chi connectivity index (χ3v) is 4.39. The summed E-state index contributed by atoms with van der Waals surface area (Å²) in [5.74, 6) is 0. The topological polar surface area (TPSA) is 72.2 Å². The number of nitrogens with one attached hydrogen (secondary N) is 1. The molecule has 0 aliphatic rings. The maximum absolute atomic E-state index is 11.6. The van der Waals surface area contributed by atoms with E-state index in [1.165, 1.54) is 0 Å². The molecule has 0 aromatic heterocycles. The first-order valence-electron chi connectivity index (χ1n) is 8.30. The van der Waals surface area contributed by atoms with Crippen LogP contribution in [-0.4, -0.2) is 14.7 Å². The van der Waals surface area contributed by atoms with Crippen LogP contribution in [-0.2, 0) is 29.5 Å². The van der Waals surface area contributed by atoms with E-state index < -0.39 is 22.1 Å². The molecule has 2 atom stereocenters. The van der Waals surface area contributed by atoms with E-state index in [1.807, 2.05) is 97.1 Å². The number of benzene rings is 3. The van der Waals surface area contributed by atoms with Crippen LogP contribution in [0.3, 0.4) is 0 Å². The number of sulfonamides is 1. The van der Waals surface area contributed by atoms with Gasteiger partial charge in [0.2, 0.25) is 10.0 Å². The fourth-order valence-electron chi connectivity index (χ4n) is 2.49. The van der Waals surface area contributed by atoms with Crippen molar-refractivity contribution in [3.63, 3.8) is 0 Å². The first kappa shape index (κ1) is 23.2. The average molecular weight is 470 g/mol. The van der Waals surface area contributed by atoms with Crippen LogP contribution < -0.4 is 10.5 Å². The van der Waals surface area contributed by atoms with Crippen molar-refractivity contribution in [2.24, 2.45) is 5.73 Å². The zero-order chi connectivity index (χ0) is 18.8. The minimum absolute atomic E-state index is 0. The van der Waals surface area contributed by atoms with Crippen molar-refractivity contribution < 1.29 is 27.9 Å². The van der Waals surface area contributed by atoms with Crippen molar-refractivity contribution in [3.8, 4) is 0 Å². The van der Waals surface area contributed by atoms with Crippen LogP contribution in [0.25, 0.3) is 0 Å². The van der Waals surface area contributed by atoms with Crippen LogP contribution in [0.4, 0.5) is 0 Å². The molecule has 0 fully saturated rings. The van der Waals surface area contributed by atoms with Crippen LogP contribution in [0, 0.1) is 0 Å². The van der Waals surface area contributed by atoms with Crippen molar-refractivity contribution in [2.45, 2.75) is 12.1 Å². The minimum atomic E-state index is -3.35. The molecule has 27 heavy (non-hydrogen) atoms. The second-order valence-corrected chi connectivity index (χ2v) is 7.65. The summed E-state index contributed by atoms with van der Waals surface area (Å²) >= 11 is 0. The van der Waals surface area contributed by atoms with E-state index in [4.69, 9.17) is 5.73 Å². The number of rotatable bonds is 5. The van der Waals surface area contributed by atoms with Gasteiger partial charge in [0, 0.05) is 0 Å². The molecule has 3 N–H and O–H groups in total. The first-order chi connectivity index (χ1) is 12.5. The summed E-state index contributed by atoms with van der Waals surface area (Å²) in [4.78, 5) is 0. The van der Waals surface area contributed by atoms with Crippen molar-refractivity contribution in [3.05, 3.63) is 108 Å². The maximum atomic E-state index is 11.6. The molecule has 3 rings (SSSR count). The molecule has 0 aliphatic heterocycles. The van der Waals surface area contributed by atoms with Gasteiger partial charge in [-0.2, -0.15) is 0 Å². The van der Waals surface area contributed by atoms with Gasteiger partial charge in [-0.3, -0.25) is 0 Å². The second kappa shape index (κ2) is 11.8. The summed E-state index contributed by atoms with van der Waals surface area (Å²) in [6, 6.07) is 29.9. The van der Waals surface area contributed by atoms with Gasteiger partial charge in [0.15, 0.2) is 0 Å². The van der Waals surface area contributed by atoms with E-state index >= 15 is 0 Å². The fraction of sp³-hybridized carbons (Fsp3) is 0.143. The molecule has 3 aromatic rings. The molecule has 0 saturated heterocycles. The summed E-state index contributed by atoms with van der Waals surface area (Å²) in [7, 11) is -3.35. The summed E-state index contributed by atoms with van der Waals surface area (Å²) in [5, 5.41) is 0. The average Bonchev–Trinajstić information content (AvgIpc) is 2.68. The number of hydrogen-bond acceptors (Lipinski definition) is 3. The molecule has 0 bridgehead atoms. The molecule has 0 amide bonds. The van der Waals surface area contributed by atoms with E-state index in [9.17, 15) is 8.42 Å². The Morgan fingerprint density at radius 1 is 0.704 bits per heavy atom. The molecule has 0 spiro atoms. The number of nitrogens with two attached hydrogens (primary N) is 1. The molecule has 142 valence electrons. The Balaban J connectivity index is 0.000000444. The van der Waals surface area contributed by atoms with E-state index in [-0.39, 0.29) is 19.5 Å². The van der Waals surface area contributed by atoms with Crippen molar-refractivity contribution in [1.82, 2.24) is 4.72 Å². The Hall–Kier alpha value is -1.85. The SMILES string of the molecule is CS(=O)(=O)N[C@H](c1ccccc1)[C@H](N)c1ccccc1.[Ru+2].c1ccccc1. The van der Waals surface area contributed by atoms with E-state index in [2.05, 4.69) is 4.72 Å². The smallest absolute Gasteiger partial charge is 0.322 e. The molecule has 0 heterocycles. The molecule has 0 aliphatic carbocycles. The summed E-state index contributed by atoms with van der Waals surface area (Å²) in [5.41, 5.74) is 7.98. The molecule has 0 unspecified atom stereocenters. The van der Waals surface area contributed by atoms with Gasteiger partial charge in [0.25, 0.3) is 0 Å². The molecular formula is C21H24N2O2RuS+2. The molecular weight excluding hydrogens is 445 g/mol. The third-order valence-electron chi connectivity index (χ3n) is 3.71. The van der Waals surface area contributed by atoms with E-state index in [1.54, 1.807) is 0 Å². The Bertz CT molecular complexity index is 834. The zero-order valence-electron chi connectivity index (χ0n) is 15.0. The second-order valence-electron chi connectivity index (χ2n) is 5.87. The normalized spacial score (nSPS) is 12.7. The van der Waals surface area contributed by atoms with Crippen molar-refractivity contribution >= 4 is 10.0 Å². The van der Waals surface area contributed by atoms with Crippen LogP contribution >= 0.6 is 0 Å². The minimum Gasteiger partial charge on any atom is -0.322 e. The largest absolute Gasteiger partial charge is 2.00 e. The third kappa shape index (κ3) is 8.59. The zero-order valence-corrected chi connectivity index (χ0v) is 17.6. The van der Waals surface area contributed by atoms with Crippen LogP contribution in [0.2, 0.25) is 0 Å². The van der Waals surface area contributed by atoms with Gasteiger partial charge in [0.05, 0.1) is 18.3 Å². The van der Waals surface area contributed by atoms with Gasteiger partial charge in [0.1, 0.15) is 0 Å². The molecule has 3 aromatic carbocycles. The van der Waals surface area contributed by atoms with Crippen LogP contribution in [0.15, 0.2) is 97.1 Å². The predicted molar refractivity (Wildman–Crippen MR) is 107 cm³/mol. The quantitative estimate of drug-likeness (QED) is 0.560. The number of hydrogen-bond donors (Lipinski definition) is 2. The maximum Gasteiger partial charge on any atom is 2.00 e. The summed E-state index contributed by atoms with van der Waals surface area (Å²) in [6.07, 6.45) is 1.14. The Kier molecular flexibility index (Phi) is 10.1. The van der Waals surface area contributed by atoms with Gasteiger partial charge in [-0.1, -0.05) is 97.1 Å². The van der Waals surface area contributed by atoms with Crippen molar-refractivity contribution in [1.29, 1.82) is 0 Å². The summed E-state index contributed by atoms with van der Waals surface area (Å²) in [6.45, 7) is 0. The predicted octanol–water partition coefficient (Wildman–Crippen LogP) is 3.66. The standard InChI is InChI=1S/C15H18N2O2S.C6H6.Ru/c1-20(18,19)17-15(13-10-6-3-7-11-13)14(16)12-8-4-2-5-9-12;1-2-4-6-5-3-1;/h2-11,14-15,17H,16H2,1H3;1-6H;/q;;+2/t14-,15-;;/m1../s1.